The van der Waals surface area contributed by atoms with Crippen LogP contribution in [0.25, 0.3) is 4.65 Å². The summed E-state index contributed by atoms with van der Waals surface area (Å²) < 4.78 is 4.82. The van der Waals surface area contributed by atoms with Crippen LogP contribution < -0.4 is 75.4 Å². The van der Waals surface area contributed by atoms with Gasteiger partial charge in [-0.05, 0) is 0 Å². The number of rotatable bonds is 2. The van der Waals surface area contributed by atoms with Gasteiger partial charge in [0.05, 0.1) is 0 Å². The van der Waals surface area contributed by atoms with E-state index in [0.717, 1.165) is 0 Å². The van der Waals surface area contributed by atoms with Gasteiger partial charge in [-0.25, -0.2) is 0 Å². The van der Waals surface area contributed by atoms with Crippen molar-refractivity contribution in [1.82, 2.24) is 0 Å². The van der Waals surface area contributed by atoms with Gasteiger partial charge in [-0.2, -0.15) is 0 Å². The predicted molar refractivity (Wildman–Crippen MR) is 58.1 cm³/mol. The number of hydrogen-bond donors (Lipinski definition) is 1. The first-order valence-corrected chi connectivity index (χ1v) is 11.0. The molecule has 4 nitrogen and oxygen atoms in total. The van der Waals surface area contributed by atoms with Crippen molar-refractivity contribution in [2.75, 3.05) is 0 Å². The van der Waals surface area contributed by atoms with Crippen molar-refractivity contribution in [3.8, 4) is 0 Å². The number of carbonyl (C=O) groups is 1. The van der Waals surface area contributed by atoms with Crippen molar-refractivity contribution in [3.63, 3.8) is 0 Å². The second-order valence-electron chi connectivity index (χ2n) is 4.72. The van der Waals surface area contributed by atoms with Crippen LogP contribution in [-0.4, -0.2) is 27.7 Å². The van der Waals surface area contributed by atoms with E-state index in [1.807, 2.05) is 0 Å². The molecule has 1 N–H and O–H groups in total. The van der Waals surface area contributed by atoms with E-state index < -0.39 is 22.6 Å². The molecule has 0 fully saturated rings. The summed E-state index contributed by atoms with van der Waals surface area (Å²) in [5.74, 6) is 0. The molecule has 0 heterocycles. The molecule has 0 spiro atoms. The van der Waals surface area contributed by atoms with Gasteiger partial charge in [0.15, 0.2) is 0 Å². The van der Waals surface area contributed by atoms with Crippen molar-refractivity contribution < 1.29 is 85.3 Å². The molecule has 0 rings (SSSR count). The monoisotopic (exact) mass is 267 g/mol. The van der Waals surface area contributed by atoms with Gasteiger partial charge in [0.1, 0.15) is 0 Å². The topological polar surface area (TPSA) is 74.5 Å². The van der Waals surface area contributed by atoms with Gasteiger partial charge < -0.3 is 19.7 Å². The Labute approximate surface area is 149 Å². The Morgan fingerprint density at radius 2 is 1.20 bits per heavy atom. The average molecular weight is 267 g/mol. The standard InChI is InChI=1S/C6H18NSi2.CH2O3.K.Li/c1-8(2,3)7-9(4,5)6;2-1(3)4;;/h1-6H3;(H2,2,3,4);;/q-1;;2*+1/p-1. The zero-order chi connectivity index (χ0) is 11.3. The maximum atomic E-state index is 8.44. The Kier molecular flexibility index (Phi) is 18.9. The van der Waals surface area contributed by atoms with Gasteiger partial charge in [-0.1, -0.05) is 55.8 Å². The summed E-state index contributed by atoms with van der Waals surface area (Å²) in [6.07, 6.45) is -2.08. The normalized spacial score (nSPS) is 10.0. The summed E-state index contributed by atoms with van der Waals surface area (Å²) in [5.41, 5.74) is 0. The molecule has 0 aliphatic rings. The van der Waals surface area contributed by atoms with Crippen molar-refractivity contribution in [3.05, 3.63) is 4.65 Å². The molecule has 0 unspecified atom stereocenters. The number of carboxylic acid groups (broad SMARTS) is 2. The number of hydrogen-bond acceptors (Lipinski definition) is 2. The molecule has 80 valence electrons. The Balaban J connectivity index is -0.0000000883. The van der Waals surface area contributed by atoms with Crippen LogP contribution in [0.4, 0.5) is 4.79 Å². The van der Waals surface area contributed by atoms with E-state index in [-0.39, 0.29) is 70.2 Å². The maximum absolute atomic E-state index is 8.44. The molecular formula is C7H19KLiNO3Si2. The van der Waals surface area contributed by atoms with Crippen LogP contribution in [0.1, 0.15) is 0 Å². The second kappa shape index (κ2) is 11.0. The van der Waals surface area contributed by atoms with Gasteiger partial charge in [0.2, 0.25) is 6.16 Å². The van der Waals surface area contributed by atoms with Gasteiger partial charge in [-0.3, -0.25) is 0 Å². The van der Waals surface area contributed by atoms with Gasteiger partial charge in [-0.15, -0.1) is 0 Å². The van der Waals surface area contributed by atoms with E-state index in [2.05, 4.69) is 39.3 Å². The Morgan fingerprint density at radius 3 is 1.20 bits per heavy atom. The third-order valence-electron chi connectivity index (χ3n) is 0.671. The van der Waals surface area contributed by atoms with E-state index >= 15 is 0 Å². The summed E-state index contributed by atoms with van der Waals surface area (Å²) in [7, 11) is -2.21. The van der Waals surface area contributed by atoms with E-state index in [1.165, 1.54) is 0 Å². The van der Waals surface area contributed by atoms with Crippen molar-refractivity contribution >= 4 is 22.6 Å². The molecule has 0 aliphatic heterocycles. The fourth-order valence-corrected chi connectivity index (χ4v) is 9.06. The van der Waals surface area contributed by atoms with Gasteiger partial charge >= 0.3 is 70.2 Å². The van der Waals surface area contributed by atoms with E-state index in [1.54, 1.807) is 0 Å². The number of nitrogens with zero attached hydrogens (tertiary/aromatic N) is 1. The maximum Gasteiger partial charge on any atom is 1.00 e. The molecule has 0 radical (unpaired) electrons. The minimum absolute atomic E-state index is 0. The molecule has 0 bridgehead atoms. The molecule has 0 saturated heterocycles. The third kappa shape index (κ3) is 49.2. The van der Waals surface area contributed by atoms with Crippen molar-refractivity contribution in [2.24, 2.45) is 0 Å². The van der Waals surface area contributed by atoms with Gasteiger partial charge in [0, 0.05) is 0 Å². The molecule has 0 aromatic heterocycles. The first-order chi connectivity index (χ1) is 5.44. The van der Waals surface area contributed by atoms with Crippen LogP contribution in [0.15, 0.2) is 0 Å². The smallest absolute Gasteiger partial charge is 0.668 e. The quantitative estimate of drug-likeness (QED) is 0.517. The van der Waals surface area contributed by atoms with Crippen LogP contribution in [0.2, 0.25) is 39.3 Å². The van der Waals surface area contributed by atoms with Crippen LogP contribution in [0.3, 0.4) is 0 Å². The van der Waals surface area contributed by atoms with Crippen molar-refractivity contribution in [1.29, 1.82) is 0 Å². The molecule has 0 aromatic carbocycles. The molecule has 0 aromatic rings. The predicted octanol–water partition coefficient (Wildman–Crippen LogP) is -4.07. The first-order valence-electron chi connectivity index (χ1n) is 4.08. The van der Waals surface area contributed by atoms with Crippen LogP contribution in [0.5, 0.6) is 0 Å². The molecular weight excluding hydrogens is 248 g/mol. The first kappa shape index (κ1) is 25.7. The van der Waals surface area contributed by atoms with Gasteiger partial charge in [0.25, 0.3) is 0 Å². The second-order valence-corrected chi connectivity index (χ2v) is 14.3. The Bertz CT molecular complexity index is 155. The summed E-state index contributed by atoms with van der Waals surface area (Å²) in [5, 5.41) is 15.3. The van der Waals surface area contributed by atoms with E-state index in [0.29, 0.717) is 0 Å². The summed E-state index contributed by atoms with van der Waals surface area (Å²) in [6, 6.07) is 0. The average Bonchev–Trinajstić information content (AvgIpc) is 1.47. The van der Waals surface area contributed by atoms with E-state index in [4.69, 9.17) is 19.7 Å². The molecule has 0 saturated carbocycles. The third-order valence-corrected chi connectivity index (χ3v) is 6.04. The van der Waals surface area contributed by atoms with Crippen LogP contribution in [0, 0.1) is 0 Å². The largest absolute Gasteiger partial charge is 1.00 e. The fraction of sp³-hybridized carbons (Fsp3) is 0.857. The minimum atomic E-state index is -2.08. The fourth-order valence-electron chi connectivity index (χ4n) is 1.01. The molecule has 0 atom stereocenters. The molecule has 8 heteroatoms. The SMILES string of the molecule is C[Si](C)(C)[N-][Si](C)(C)C.O=C([O-])O.[K+].[Li+]. The zero-order valence-corrected chi connectivity index (χ0v) is 16.3. The van der Waals surface area contributed by atoms with Crippen LogP contribution >= 0.6 is 0 Å². The minimum Gasteiger partial charge on any atom is -0.668 e. The van der Waals surface area contributed by atoms with Crippen molar-refractivity contribution in [2.45, 2.75) is 39.3 Å². The summed E-state index contributed by atoms with van der Waals surface area (Å²) in [6.45, 7) is 13.8. The van der Waals surface area contributed by atoms with E-state index in [9.17, 15) is 0 Å². The summed E-state index contributed by atoms with van der Waals surface area (Å²) >= 11 is 0. The Morgan fingerprint density at radius 1 is 1.07 bits per heavy atom. The molecule has 15 heavy (non-hydrogen) atoms. The zero-order valence-electron chi connectivity index (χ0n) is 11.2. The molecule has 0 amide bonds. The Hall–Kier alpha value is 1.90. The van der Waals surface area contributed by atoms with Crippen LogP contribution in [-0.2, 0) is 0 Å². The molecule has 0 aliphatic carbocycles. The summed E-state index contributed by atoms with van der Waals surface area (Å²) in [4.78, 5) is 8.44.